The van der Waals surface area contributed by atoms with Crippen LogP contribution >= 0.6 is 0 Å². The van der Waals surface area contributed by atoms with Crippen LogP contribution in [-0.4, -0.2) is 47.8 Å². The zero-order valence-corrected chi connectivity index (χ0v) is 14.8. The minimum absolute atomic E-state index is 0.0670. The van der Waals surface area contributed by atoms with Crippen LogP contribution in [0.5, 0.6) is 0 Å². The summed E-state index contributed by atoms with van der Waals surface area (Å²) in [6.07, 6.45) is 1.50. The van der Waals surface area contributed by atoms with Gasteiger partial charge >= 0.3 is 0 Å². The van der Waals surface area contributed by atoms with Gasteiger partial charge in [-0.3, -0.25) is 9.48 Å². The molecule has 1 aliphatic rings. The Morgan fingerprint density at radius 2 is 2.17 bits per heavy atom. The van der Waals surface area contributed by atoms with E-state index in [2.05, 4.69) is 18.9 Å². The van der Waals surface area contributed by atoms with Gasteiger partial charge in [0.25, 0.3) is 5.91 Å². The number of amides is 1. The summed E-state index contributed by atoms with van der Waals surface area (Å²) in [4.78, 5) is 14.4. The molecule has 2 heterocycles. The predicted octanol–water partition coefficient (Wildman–Crippen LogP) is 0.852. The van der Waals surface area contributed by atoms with Crippen LogP contribution in [0.1, 0.15) is 43.4 Å². The summed E-state index contributed by atoms with van der Waals surface area (Å²) in [5, 5.41) is 9.59. The molecule has 1 unspecified atom stereocenters. The van der Waals surface area contributed by atoms with E-state index in [4.69, 9.17) is 5.14 Å². The minimum Gasteiger partial charge on any atom is -0.337 e. The highest BCUT2D eigenvalue weighted by Gasteiger charge is 2.31. The molecule has 0 radical (unpaired) electrons. The van der Waals surface area contributed by atoms with Crippen molar-refractivity contribution in [3.05, 3.63) is 17.5 Å². The van der Waals surface area contributed by atoms with Crippen LogP contribution in [-0.2, 0) is 23.0 Å². The molecule has 23 heavy (non-hydrogen) atoms. The fraction of sp³-hybridized carbons (Fsp3) is 0.733. The molecule has 0 aromatic carbocycles. The third-order valence-electron chi connectivity index (χ3n) is 4.01. The topological polar surface area (TPSA) is 98.3 Å². The van der Waals surface area contributed by atoms with E-state index in [1.807, 2.05) is 13.0 Å². The number of aryl methyl sites for hydroxylation is 1. The van der Waals surface area contributed by atoms with E-state index in [0.29, 0.717) is 37.7 Å². The molecule has 0 bridgehead atoms. The smallest absolute Gasteiger partial charge is 0.272 e. The van der Waals surface area contributed by atoms with Crippen molar-refractivity contribution >= 4 is 15.9 Å². The molecule has 0 saturated carbocycles. The summed E-state index contributed by atoms with van der Waals surface area (Å²) in [7, 11) is -3.50. The Kier molecular flexibility index (Phi) is 5.46. The van der Waals surface area contributed by atoms with E-state index in [9.17, 15) is 13.2 Å². The van der Waals surface area contributed by atoms with Crippen LogP contribution < -0.4 is 5.14 Å². The lowest BCUT2D eigenvalue weighted by molar-refractivity contribution is 0.0776. The summed E-state index contributed by atoms with van der Waals surface area (Å²) < 4.78 is 24.1. The largest absolute Gasteiger partial charge is 0.337 e. The van der Waals surface area contributed by atoms with Gasteiger partial charge in [-0.1, -0.05) is 13.8 Å². The van der Waals surface area contributed by atoms with Crippen LogP contribution in [0, 0.1) is 11.8 Å². The zero-order valence-electron chi connectivity index (χ0n) is 14.0. The van der Waals surface area contributed by atoms with Gasteiger partial charge in [0.15, 0.2) is 0 Å². The van der Waals surface area contributed by atoms with Crippen molar-refractivity contribution < 1.29 is 13.2 Å². The second-order valence-electron chi connectivity index (χ2n) is 6.67. The average Bonchev–Trinajstić information content (AvgIpc) is 3.02. The summed E-state index contributed by atoms with van der Waals surface area (Å²) in [6.45, 7) is 7.82. The lowest BCUT2D eigenvalue weighted by Crippen LogP contribution is -2.32. The molecule has 1 amide bonds. The van der Waals surface area contributed by atoms with Gasteiger partial charge in [0, 0.05) is 19.6 Å². The van der Waals surface area contributed by atoms with Crippen LogP contribution in [0.15, 0.2) is 6.07 Å². The number of primary sulfonamides is 1. The number of nitrogens with zero attached hydrogens (tertiary/aromatic N) is 3. The maximum atomic E-state index is 12.7. The SMILES string of the molecule is CCn1nc(CC(C)C)cc1C(=O)N1CCC(CS(N)(=O)=O)C1. The first-order valence-corrected chi connectivity index (χ1v) is 9.77. The first-order valence-electron chi connectivity index (χ1n) is 8.06. The average molecular weight is 342 g/mol. The fourth-order valence-electron chi connectivity index (χ4n) is 3.05. The van der Waals surface area contributed by atoms with Gasteiger partial charge in [0.1, 0.15) is 5.69 Å². The maximum Gasteiger partial charge on any atom is 0.272 e. The Balaban J connectivity index is 2.10. The normalized spacial score (nSPS) is 18.8. The van der Waals surface area contributed by atoms with Gasteiger partial charge < -0.3 is 4.90 Å². The van der Waals surface area contributed by atoms with E-state index < -0.39 is 10.0 Å². The van der Waals surface area contributed by atoms with Gasteiger partial charge in [0.2, 0.25) is 10.0 Å². The molecule has 0 spiro atoms. The van der Waals surface area contributed by atoms with Gasteiger partial charge in [-0.05, 0) is 37.7 Å². The van der Waals surface area contributed by atoms with Gasteiger partial charge in [-0.2, -0.15) is 5.10 Å². The summed E-state index contributed by atoms with van der Waals surface area (Å²) >= 11 is 0. The second-order valence-corrected chi connectivity index (χ2v) is 8.33. The molecule has 2 rings (SSSR count). The lowest BCUT2D eigenvalue weighted by Gasteiger charge is -2.16. The highest BCUT2D eigenvalue weighted by atomic mass is 32.2. The standard InChI is InChI=1S/C15H26N4O3S/c1-4-19-14(8-13(17-19)7-11(2)3)15(20)18-6-5-12(9-18)10-23(16,21)22/h8,11-12H,4-7,9-10H2,1-3H3,(H2,16,21,22). The summed E-state index contributed by atoms with van der Waals surface area (Å²) in [6, 6.07) is 1.86. The molecule has 2 N–H and O–H groups in total. The number of hydrogen-bond acceptors (Lipinski definition) is 4. The van der Waals surface area contributed by atoms with E-state index in [0.717, 1.165) is 12.1 Å². The fourth-order valence-corrected chi connectivity index (χ4v) is 3.97. The van der Waals surface area contributed by atoms with Crippen LogP contribution in [0.4, 0.5) is 0 Å². The molecule has 8 heteroatoms. The number of likely N-dealkylation sites (tertiary alicyclic amines) is 1. The van der Waals surface area contributed by atoms with E-state index in [1.54, 1.807) is 9.58 Å². The van der Waals surface area contributed by atoms with E-state index in [1.165, 1.54) is 0 Å². The Hall–Kier alpha value is -1.41. The highest BCUT2D eigenvalue weighted by Crippen LogP contribution is 2.20. The highest BCUT2D eigenvalue weighted by molar-refractivity contribution is 7.89. The number of sulfonamides is 1. The molecular weight excluding hydrogens is 316 g/mol. The first kappa shape index (κ1) is 17.9. The molecule has 1 atom stereocenters. The van der Waals surface area contributed by atoms with Gasteiger partial charge in [-0.15, -0.1) is 0 Å². The quantitative estimate of drug-likeness (QED) is 0.828. The third-order valence-corrected chi connectivity index (χ3v) is 4.94. The number of hydrogen-bond donors (Lipinski definition) is 1. The van der Waals surface area contributed by atoms with Crippen molar-refractivity contribution in [3.63, 3.8) is 0 Å². The number of nitrogens with two attached hydrogens (primary N) is 1. The van der Waals surface area contributed by atoms with Crippen molar-refractivity contribution in [2.75, 3.05) is 18.8 Å². The van der Waals surface area contributed by atoms with Crippen molar-refractivity contribution in [3.8, 4) is 0 Å². The molecule has 1 aromatic rings. The number of aromatic nitrogens is 2. The third kappa shape index (κ3) is 4.78. The van der Waals surface area contributed by atoms with E-state index >= 15 is 0 Å². The Morgan fingerprint density at radius 3 is 2.74 bits per heavy atom. The van der Waals surface area contributed by atoms with Crippen LogP contribution in [0.2, 0.25) is 0 Å². The Morgan fingerprint density at radius 1 is 1.48 bits per heavy atom. The van der Waals surface area contributed by atoms with E-state index in [-0.39, 0.29) is 17.6 Å². The van der Waals surface area contributed by atoms with Gasteiger partial charge in [0.05, 0.1) is 11.4 Å². The summed E-state index contributed by atoms with van der Waals surface area (Å²) in [5.74, 6) is 0.250. The van der Waals surface area contributed by atoms with Crippen molar-refractivity contribution in [1.29, 1.82) is 0 Å². The summed E-state index contributed by atoms with van der Waals surface area (Å²) in [5.41, 5.74) is 1.50. The molecule has 1 fully saturated rings. The molecule has 0 aliphatic carbocycles. The molecule has 7 nitrogen and oxygen atoms in total. The minimum atomic E-state index is -3.50. The number of carbonyl (C=O) groups is 1. The Bertz CT molecular complexity index is 666. The maximum absolute atomic E-state index is 12.7. The molecule has 130 valence electrons. The van der Waals surface area contributed by atoms with Gasteiger partial charge in [-0.25, -0.2) is 13.6 Å². The van der Waals surface area contributed by atoms with Crippen LogP contribution in [0.3, 0.4) is 0 Å². The number of carbonyl (C=O) groups excluding carboxylic acids is 1. The second kappa shape index (κ2) is 7.00. The zero-order chi connectivity index (χ0) is 17.2. The van der Waals surface area contributed by atoms with Crippen molar-refractivity contribution in [2.45, 2.75) is 40.2 Å². The molecular formula is C15H26N4O3S. The van der Waals surface area contributed by atoms with Crippen molar-refractivity contribution in [2.24, 2.45) is 17.0 Å². The monoisotopic (exact) mass is 342 g/mol. The molecule has 1 saturated heterocycles. The molecule has 1 aromatic heterocycles. The Labute approximate surface area is 137 Å². The first-order chi connectivity index (χ1) is 10.7. The predicted molar refractivity (Wildman–Crippen MR) is 88.4 cm³/mol. The van der Waals surface area contributed by atoms with Crippen molar-refractivity contribution in [1.82, 2.24) is 14.7 Å². The molecule has 1 aliphatic heterocycles. The number of rotatable bonds is 6. The van der Waals surface area contributed by atoms with Crippen LogP contribution in [0.25, 0.3) is 0 Å². The lowest BCUT2D eigenvalue weighted by atomic mass is 10.1.